The summed E-state index contributed by atoms with van der Waals surface area (Å²) < 4.78 is 12.3. The molecule has 0 saturated heterocycles. The molecule has 128 valence electrons. The summed E-state index contributed by atoms with van der Waals surface area (Å²) in [4.78, 5) is 21.7. The summed E-state index contributed by atoms with van der Waals surface area (Å²) >= 11 is 0. The number of nitrogens with zero attached hydrogens (tertiary/aromatic N) is 2. The summed E-state index contributed by atoms with van der Waals surface area (Å²) in [6, 6.07) is 3.67. The van der Waals surface area contributed by atoms with Crippen LogP contribution in [0.1, 0.15) is 6.42 Å². The van der Waals surface area contributed by atoms with E-state index in [2.05, 4.69) is 24.1 Å². The van der Waals surface area contributed by atoms with Gasteiger partial charge in [0, 0.05) is 24.4 Å². The van der Waals surface area contributed by atoms with Gasteiger partial charge in [0.15, 0.2) is 11.5 Å². The molecule has 0 spiro atoms. The average Bonchev–Trinajstić information content (AvgIpc) is 2.93. The summed E-state index contributed by atoms with van der Waals surface area (Å²) in [7, 11) is 7.38. The third kappa shape index (κ3) is 2.82. The first-order chi connectivity index (χ1) is 11.5. The van der Waals surface area contributed by atoms with Crippen LogP contribution in [0.15, 0.2) is 23.3 Å². The number of rotatable bonds is 6. The first-order valence-electron chi connectivity index (χ1n) is 7.97. The number of quaternary nitrogens is 1. The van der Waals surface area contributed by atoms with Crippen LogP contribution in [0.4, 0.5) is 0 Å². The van der Waals surface area contributed by atoms with Gasteiger partial charge < -0.3 is 19.4 Å². The predicted octanol–water partition coefficient (Wildman–Crippen LogP) is 0.430. The highest BCUT2D eigenvalue weighted by molar-refractivity contribution is 6.05. The zero-order valence-corrected chi connectivity index (χ0v) is 14.5. The number of hydrogen-bond donors (Lipinski definition) is 2. The minimum absolute atomic E-state index is 0.0529. The number of ether oxygens (including phenoxy) is 2. The molecule has 0 aliphatic heterocycles. The standard InChI is InChI=1S/C17H22N4O3/c1-20(2)6-5-7-21-10-18-15-11-8-13(23-3)14(24-4)9-12(11)19-16(15)17(21)22/h8-10,19H,5-7H2,1-4H3/p+1. The van der Waals surface area contributed by atoms with E-state index in [-0.39, 0.29) is 5.56 Å². The molecule has 2 aromatic heterocycles. The van der Waals surface area contributed by atoms with Crippen molar-refractivity contribution < 1.29 is 14.4 Å². The summed E-state index contributed by atoms with van der Waals surface area (Å²) in [5, 5.41) is 0.852. The molecule has 24 heavy (non-hydrogen) atoms. The number of benzene rings is 1. The molecule has 3 aromatic rings. The SMILES string of the molecule is COc1cc2[nH]c3c(=O)n(CCC[NH+](C)C)cnc3c2cc1OC. The Morgan fingerprint density at radius 2 is 1.92 bits per heavy atom. The molecule has 0 bridgehead atoms. The second-order valence-corrected chi connectivity index (χ2v) is 6.16. The lowest BCUT2D eigenvalue weighted by molar-refractivity contribution is -0.858. The zero-order valence-electron chi connectivity index (χ0n) is 14.5. The Bertz CT molecular complexity index is 927. The number of aromatic nitrogens is 3. The van der Waals surface area contributed by atoms with Gasteiger partial charge in [-0.15, -0.1) is 0 Å². The normalized spacial score (nSPS) is 11.5. The number of H-pyrrole nitrogens is 1. The van der Waals surface area contributed by atoms with Crippen LogP contribution in [0.5, 0.6) is 11.5 Å². The number of fused-ring (bicyclic) bond motifs is 3. The van der Waals surface area contributed by atoms with Crippen LogP contribution in [0.25, 0.3) is 21.9 Å². The number of nitrogens with one attached hydrogen (secondary N) is 2. The molecule has 0 aliphatic carbocycles. The predicted molar refractivity (Wildman–Crippen MR) is 93.3 cm³/mol. The lowest BCUT2D eigenvalue weighted by Crippen LogP contribution is -3.05. The van der Waals surface area contributed by atoms with Gasteiger partial charge >= 0.3 is 0 Å². The van der Waals surface area contributed by atoms with Gasteiger partial charge in [-0.3, -0.25) is 9.36 Å². The number of aromatic amines is 1. The third-order valence-corrected chi connectivity index (χ3v) is 4.15. The van der Waals surface area contributed by atoms with Gasteiger partial charge in [-0.2, -0.15) is 0 Å². The average molecular weight is 331 g/mol. The molecule has 3 rings (SSSR count). The zero-order chi connectivity index (χ0) is 17.3. The van der Waals surface area contributed by atoms with Gasteiger partial charge in [0.1, 0.15) is 11.0 Å². The molecule has 7 heteroatoms. The minimum atomic E-state index is -0.0529. The topological polar surface area (TPSA) is 73.6 Å². The maximum Gasteiger partial charge on any atom is 0.277 e. The van der Waals surface area contributed by atoms with Gasteiger partial charge in [-0.1, -0.05) is 0 Å². The monoisotopic (exact) mass is 331 g/mol. The molecule has 2 heterocycles. The lowest BCUT2D eigenvalue weighted by Gasteiger charge is -2.08. The number of hydrogen-bond acceptors (Lipinski definition) is 4. The summed E-state index contributed by atoms with van der Waals surface area (Å²) in [5.74, 6) is 1.23. The van der Waals surface area contributed by atoms with Crippen LogP contribution < -0.4 is 19.9 Å². The van der Waals surface area contributed by atoms with Gasteiger partial charge in [0.05, 0.1) is 46.7 Å². The van der Waals surface area contributed by atoms with E-state index >= 15 is 0 Å². The first-order valence-corrected chi connectivity index (χ1v) is 7.97. The quantitative estimate of drug-likeness (QED) is 0.687. The van der Waals surface area contributed by atoms with Crippen molar-refractivity contribution in [1.29, 1.82) is 0 Å². The van der Waals surface area contributed by atoms with Crippen molar-refractivity contribution in [3.63, 3.8) is 0 Å². The second-order valence-electron chi connectivity index (χ2n) is 6.16. The van der Waals surface area contributed by atoms with Crippen LogP contribution in [0.3, 0.4) is 0 Å². The number of aryl methyl sites for hydroxylation is 1. The molecule has 0 unspecified atom stereocenters. The fourth-order valence-corrected chi connectivity index (χ4v) is 2.88. The van der Waals surface area contributed by atoms with Crippen LogP contribution in [-0.2, 0) is 6.54 Å². The van der Waals surface area contributed by atoms with Crippen LogP contribution in [0.2, 0.25) is 0 Å². The maximum absolute atomic E-state index is 12.7. The molecule has 7 nitrogen and oxygen atoms in total. The Labute approximate surface area is 139 Å². The molecule has 0 radical (unpaired) electrons. The van der Waals surface area contributed by atoms with Gasteiger partial charge in [0.2, 0.25) is 0 Å². The van der Waals surface area contributed by atoms with E-state index in [4.69, 9.17) is 9.47 Å². The highest BCUT2D eigenvalue weighted by Crippen LogP contribution is 2.34. The van der Waals surface area contributed by atoms with Crippen molar-refractivity contribution in [3.8, 4) is 11.5 Å². The van der Waals surface area contributed by atoms with Crippen LogP contribution in [0, 0.1) is 0 Å². The van der Waals surface area contributed by atoms with Crippen molar-refractivity contribution in [3.05, 3.63) is 28.8 Å². The molecule has 0 fully saturated rings. The van der Waals surface area contributed by atoms with Crippen molar-refractivity contribution >= 4 is 21.9 Å². The van der Waals surface area contributed by atoms with Crippen LogP contribution in [-0.4, -0.2) is 49.4 Å². The van der Waals surface area contributed by atoms with Crippen molar-refractivity contribution in [2.75, 3.05) is 34.9 Å². The fourth-order valence-electron chi connectivity index (χ4n) is 2.88. The van der Waals surface area contributed by atoms with Crippen molar-refractivity contribution in [2.45, 2.75) is 13.0 Å². The Kier molecular flexibility index (Phi) is 4.44. The van der Waals surface area contributed by atoms with Gasteiger partial charge in [-0.05, 0) is 6.07 Å². The molecule has 0 atom stereocenters. The Balaban J connectivity index is 2.08. The van der Waals surface area contributed by atoms with E-state index < -0.39 is 0 Å². The molecule has 2 N–H and O–H groups in total. The van der Waals surface area contributed by atoms with E-state index in [9.17, 15) is 4.79 Å². The largest absolute Gasteiger partial charge is 0.493 e. The Morgan fingerprint density at radius 1 is 1.21 bits per heavy atom. The minimum Gasteiger partial charge on any atom is -0.493 e. The highest BCUT2D eigenvalue weighted by atomic mass is 16.5. The van der Waals surface area contributed by atoms with E-state index in [1.807, 2.05) is 12.1 Å². The Hall–Kier alpha value is -2.54. The second kappa shape index (κ2) is 6.52. The molecule has 0 saturated carbocycles. The smallest absolute Gasteiger partial charge is 0.277 e. The summed E-state index contributed by atoms with van der Waals surface area (Å²) in [5.41, 5.74) is 1.93. The highest BCUT2D eigenvalue weighted by Gasteiger charge is 2.14. The van der Waals surface area contributed by atoms with E-state index in [1.54, 1.807) is 25.1 Å². The van der Waals surface area contributed by atoms with Gasteiger partial charge in [-0.25, -0.2) is 4.98 Å². The molecule has 0 amide bonds. The van der Waals surface area contributed by atoms with Crippen molar-refractivity contribution in [2.24, 2.45) is 0 Å². The summed E-state index contributed by atoms with van der Waals surface area (Å²) in [6.45, 7) is 1.67. The van der Waals surface area contributed by atoms with E-state index in [0.29, 0.717) is 29.1 Å². The first kappa shape index (κ1) is 16.3. The summed E-state index contributed by atoms with van der Waals surface area (Å²) in [6.07, 6.45) is 2.55. The van der Waals surface area contributed by atoms with Crippen LogP contribution >= 0.6 is 0 Å². The molecule has 1 aromatic carbocycles. The molecular weight excluding hydrogens is 308 g/mol. The molecular formula is C17H23N4O3+. The van der Waals surface area contributed by atoms with Crippen molar-refractivity contribution in [1.82, 2.24) is 14.5 Å². The number of methoxy groups -OCH3 is 2. The van der Waals surface area contributed by atoms with E-state index in [1.165, 1.54) is 4.90 Å². The Morgan fingerprint density at radius 3 is 2.58 bits per heavy atom. The van der Waals surface area contributed by atoms with E-state index in [0.717, 1.165) is 23.9 Å². The van der Waals surface area contributed by atoms with Gasteiger partial charge in [0.25, 0.3) is 5.56 Å². The lowest BCUT2D eigenvalue weighted by atomic mass is 10.2. The third-order valence-electron chi connectivity index (χ3n) is 4.15. The maximum atomic E-state index is 12.7. The fraction of sp³-hybridized carbons (Fsp3) is 0.412. The molecule has 0 aliphatic rings.